The van der Waals surface area contributed by atoms with E-state index in [1.165, 1.54) is 32.2 Å². The smallest absolute Gasteiger partial charge is 0.337 e. The number of anilines is 1. The molecule has 1 aromatic carbocycles. The Hall–Kier alpha value is -2.12. The van der Waals surface area contributed by atoms with E-state index < -0.39 is 18.2 Å². The first-order valence-electron chi connectivity index (χ1n) is 6.44. The summed E-state index contributed by atoms with van der Waals surface area (Å²) in [6.07, 6.45) is -2.14. The number of hydrogen-bond acceptors (Lipinski definition) is 6. The lowest BCUT2D eigenvalue weighted by atomic mass is 9.99. The number of nitrogens with one attached hydrogen (secondary N) is 1. The van der Waals surface area contributed by atoms with Gasteiger partial charge in [0.25, 0.3) is 0 Å². The maximum Gasteiger partial charge on any atom is 0.337 e. The molecule has 0 aliphatic heterocycles. The summed E-state index contributed by atoms with van der Waals surface area (Å²) in [4.78, 5) is 22.2. The molecule has 1 amide bonds. The van der Waals surface area contributed by atoms with E-state index in [1.807, 2.05) is 0 Å². The van der Waals surface area contributed by atoms with Gasteiger partial charge in [-0.3, -0.25) is 4.79 Å². The molecule has 0 bridgehead atoms. The lowest BCUT2D eigenvalue weighted by Gasteiger charge is -2.19. The molecule has 2 unspecified atom stereocenters. The van der Waals surface area contributed by atoms with Crippen LogP contribution in [0.5, 0.6) is 0 Å². The van der Waals surface area contributed by atoms with Crippen molar-refractivity contribution in [1.29, 1.82) is 0 Å². The van der Waals surface area contributed by atoms with E-state index in [4.69, 9.17) is 5.73 Å². The predicted molar refractivity (Wildman–Crippen MR) is 76.5 cm³/mol. The first-order chi connectivity index (χ1) is 9.85. The van der Waals surface area contributed by atoms with Crippen LogP contribution in [0.2, 0.25) is 0 Å². The molecule has 7 nitrogen and oxygen atoms in total. The molecule has 0 heterocycles. The van der Waals surface area contributed by atoms with Crippen LogP contribution in [-0.2, 0) is 9.53 Å². The van der Waals surface area contributed by atoms with Gasteiger partial charge in [-0.05, 0) is 30.2 Å². The summed E-state index contributed by atoms with van der Waals surface area (Å²) in [5.74, 6) is -0.794. The van der Waals surface area contributed by atoms with Crippen molar-refractivity contribution in [2.75, 3.05) is 19.4 Å². The zero-order valence-electron chi connectivity index (χ0n) is 12.0. The van der Waals surface area contributed by atoms with Crippen LogP contribution in [0.25, 0.3) is 0 Å². The second-order valence-electron chi connectivity index (χ2n) is 4.66. The average Bonchev–Trinajstić information content (AvgIpc) is 2.44. The van der Waals surface area contributed by atoms with Crippen LogP contribution in [-0.4, -0.2) is 41.8 Å². The molecular weight excluding hydrogens is 276 g/mol. The molecule has 0 aliphatic rings. The Morgan fingerprint density at radius 1 is 1.33 bits per heavy atom. The molecule has 7 heteroatoms. The number of nitrogen functional groups attached to an aromatic ring is 1. The SMILES string of the molecule is COC(=O)c1cc(N)cc(C(O)C(O)CCNC(C)=O)c1. The van der Waals surface area contributed by atoms with E-state index in [0.717, 1.165) is 0 Å². The molecule has 0 aromatic heterocycles. The van der Waals surface area contributed by atoms with E-state index in [-0.39, 0.29) is 30.1 Å². The molecule has 0 saturated carbocycles. The number of aliphatic hydroxyl groups excluding tert-OH is 2. The molecule has 0 saturated heterocycles. The summed E-state index contributed by atoms with van der Waals surface area (Å²) in [5.41, 5.74) is 6.46. The summed E-state index contributed by atoms with van der Waals surface area (Å²) >= 11 is 0. The topological polar surface area (TPSA) is 122 Å². The average molecular weight is 296 g/mol. The first kappa shape index (κ1) is 16.9. The molecule has 0 radical (unpaired) electrons. The molecule has 5 N–H and O–H groups in total. The molecule has 2 atom stereocenters. The highest BCUT2D eigenvalue weighted by Gasteiger charge is 2.20. The Bertz CT molecular complexity index is 518. The van der Waals surface area contributed by atoms with Gasteiger partial charge in [-0.2, -0.15) is 0 Å². The highest BCUT2D eigenvalue weighted by atomic mass is 16.5. The van der Waals surface area contributed by atoms with Gasteiger partial charge in [0.1, 0.15) is 6.10 Å². The number of rotatable bonds is 6. The number of nitrogens with two attached hydrogens (primary N) is 1. The quantitative estimate of drug-likeness (QED) is 0.432. The van der Waals surface area contributed by atoms with Gasteiger partial charge in [0.2, 0.25) is 5.91 Å². The van der Waals surface area contributed by atoms with Crippen molar-refractivity contribution in [3.8, 4) is 0 Å². The van der Waals surface area contributed by atoms with Gasteiger partial charge >= 0.3 is 5.97 Å². The lowest BCUT2D eigenvalue weighted by molar-refractivity contribution is -0.119. The largest absolute Gasteiger partial charge is 0.465 e. The van der Waals surface area contributed by atoms with Crippen molar-refractivity contribution < 1.29 is 24.5 Å². The van der Waals surface area contributed by atoms with Crippen LogP contribution in [0.4, 0.5) is 5.69 Å². The second kappa shape index (κ2) is 7.61. The zero-order chi connectivity index (χ0) is 16.0. The number of hydrogen-bond donors (Lipinski definition) is 4. The number of aliphatic hydroxyl groups is 2. The maximum absolute atomic E-state index is 11.5. The van der Waals surface area contributed by atoms with Crippen molar-refractivity contribution in [1.82, 2.24) is 5.32 Å². The van der Waals surface area contributed by atoms with Crippen molar-refractivity contribution in [3.63, 3.8) is 0 Å². The van der Waals surface area contributed by atoms with E-state index >= 15 is 0 Å². The minimum atomic E-state index is -1.22. The molecule has 116 valence electrons. The Morgan fingerprint density at radius 3 is 2.57 bits per heavy atom. The summed E-state index contributed by atoms with van der Waals surface area (Å²) in [6.45, 7) is 1.60. The third-order valence-electron chi connectivity index (χ3n) is 2.92. The van der Waals surface area contributed by atoms with Gasteiger partial charge in [-0.25, -0.2) is 4.79 Å². The molecule has 1 aromatic rings. The van der Waals surface area contributed by atoms with Crippen LogP contribution >= 0.6 is 0 Å². The molecular formula is C14H20N2O5. The highest BCUT2D eigenvalue weighted by Crippen LogP contribution is 2.23. The number of esters is 1. The third-order valence-corrected chi connectivity index (χ3v) is 2.92. The van der Waals surface area contributed by atoms with Crippen LogP contribution in [0.3, 0.4) is 0 Å². The highest BCUT2D eigenvalue weighted by molar-refractivity contribution is 5.90. The Labute approximate surface area is 122 Å². The van der Waals surface area contributed by atoms with Crippen molar-refractivity contribution in [2.45, 2.75) is 25.6 Å². The molecule has 0 aliphatic carbocycles. The van der Waals surface area contributed by atoms with Gasteiger partial charge in [-0.1, -0.05) is 0 Å². The minimum Gasteiger partial charge on any atom is -0.465 e. The van der Waals surface area contributed by atoms with E-state index in [9.17, 15) is 19.8 Å². The van der Waals surface area contributed by atoms with Gasteiger partial charge in [0.15, 0.2) is 0 Å². The van der Waals surface area contributed by atoms with Gasteiger partial charge in [0, 0.05) is 19.2 Å². The fourth-order valence-electron chi connectivity index (χ4n) is 1.86. The first-order valence-corrected chi connectivity index (χ1v) is 6.44. The fourth-order valence-corrected chi connectivity index (χ4v) is 1.86. The normalized spacial score (nSPS) is 13.3. The van der Waals surface area contributed by atoms with Crippen molar-refractivity contribution >= 4 is 17.6 Å². The summed E-state index contributed by atoms with van der Waals surface area (Å²) in [6, 6.07) is 4.30. The van der Waals surface area contributed by atoms with Crippen molar-refractivity contribution in [2.24, 2.45) is 0 Å². The van der Waals surface area contributed by atoms with Gasteiger partial charge in [-0.15, -0.1) is 0 Å². The van der Waals surface area contributed by atoms with Crippen LogP contribution in [0.15, 0.2) is 18.2 Å². The van der Waals surface area contributed by atoms with E-state index in [0.29, 0.717) is 5.56 Å². The van der Waals surface area contributed by atoms with E-state index in [1.54, 1.807) is 0 Å². The number of ether oxygens (including phenoxy) is 1. The van der Waals surface area contributed by atoms with Crippen LogP contribution in [0, 0.1) is 0 Å². The Kier molecular flexibility index (Phi) is 6.13. The third kappa shape index (κ3) is 5.05. The molecule has 0 spiro atoms. The zero-order valence-corrected chi connectivity index (χ0v) is 12.0. The second-order valence-corrected chi connectivity index (χ2v) is 4.66. The standard InChI is InChI=1S/C14H20N2O5/c1-8(17)16-4-3-12(18)13(19)9-5-10(14(20)21-2)7-11(15)6-9/h5-7,12-13,18-19H,3-4,15H2,1-2H3,(H,16,17). The Morgan fingerprint density at radius 2 is 2.00 bits per heavy atom. The summed E-state index contributed by atoms with van der Waals surface area (Å²) < 4.78 is 4.59. The lowest BCUT2D eigenvalue weighted by Crippen LogP contribution is -2.27. The maximum atomic E-state index is 11.5. The number of amides is 1. The van der Waals surface area contributed by atoms with Gasteiger partial charge < -0.3 is 26.0 Å². The molecule has 21 heavy (non-hydrogen) atoms. The predicted octanol–water partition coefficient (Wildman–Crippen LogP) is -0.0241. The van der Waals surface area contributed by atoms with Crippen LogP contribution < -0.4 is 11.1 Å². The summed E-state index contributed by atoms with van der Waals surface area (Å²) in [5, 5.41) is 22.5. The molecule has 0 fully saturated rings. The number of benzene rings is 1. The number of carbonyl (C=O) groups is 2. The fraction of sp³-hybridized carbons (Fsp3) is 0.429. The molecule has 1 rings (SSSR count). The van der Waals surface area contributed by atoms with Crippen molar-refractivity contribution in [3.05, 3.63) is 29.3 Å². The number of carbonyl (C=O) groups excluding carboxylic acids is 2. The summed E-state index contributed by atoms with van der Waals surface area (Å²) in [7, 11) is 1.24. The number of methoxy groups -OCH3 is 1. The minimum absolute atomic E-state index is 0.170. The van der Waals surface area contributed by atoms with Crippen LogP contribution in [0.1, 0.15) is 35.4 Å². The Balaban J connectivity index is 2.81. The monoisotopic (exact) mass is 296 g/mol. The van der Waals surface area contributed by atoms with Gasteiger partial charge in [0.05, 0.1) is 18.8 Å². The van der Waals surface area contributed by atoms with E-state index in [2.05, 4.69) is 10.1 Å².